The van der Waals surface area contributed by atoms with E-state index in [-0.39, 0.29) is 28.5 Å². The first-order valence-corrected chi connectivity index (χ1v) is 11.9. The standard InChI is InChI=1S/C22H33NO3S/c1-4-5-6-7-8-9-10-11-12-13-20(24)23-19-16-18-14-15-22(19,21(18,2)3)17-27(23,25)26/h4-7,12-13,18-19H,8-11,14-17H2,1-3H3/b5-4+,7-6+,13-12+/t18-,19+,22-/m0/s1. The Morgan fingerprint density at radius 2 is 1.85 bits per heavy atom. The van der Waals surface area contributed by atoms with Crippen LogP contribution >= 0.6 is 0 Å². The maximum absolute atomic E-state index is 12.8. The van der Waals surface area contributed by atoms with Crippen LogP contribution in [0.25, 0.3) is 0 Å². The highest BCUT2D eigenvalue weighted by Crippen LogP contribution is 2.69. The van der Waals surface area contributed by atoms with Crippen molar-refractivity contribution in [3.8, 4) is 0 Å². The molecule has 3 fully saturated rings. The van der Waals surface area contributed by atoms with Gasteiger partial charge in [0.05, 0.1) is 11.8 Å². The van der Waals surface area contributed by atoms with Crippen LogP contribution in [-0.2, 0) is 14.8 Å². The summed E-state index contributed by atoms with van der Waals surface area (Å²) in [6, 6.07) is -0.134. The molecule has 0 radical (unpaired) electrons. The first-order valence-electron chi connectivity index (χ1n) is 10.3. The number of rotatable bonds is 7. The van der Waals surface area contributed by atoms with Gasteiger partial charge in [0.15, 0.2) is 0 Å². The molecule has 0 aromatic heterocycles. The van der Waals surface area contributed by atoms with Crippen LogP contribution in [0.4, 0.5) is 0 Å². The third-order valence-corrected chi connectivity index (χ3v) is 9.23. The van der Waals surface area contributed by atoms with Crippen LogP contribution in [0.3, 0.4) is 0 Å². The lowest BCUT2D eigenvalue weighted by Gasteiger charge is -2.36. The van der Waals surface area contributed by atoms with Crippen molar-refractivity contribution in [2.45, 2.75) is 71.8 Å². The summed E-state index contributed by atoms with van der Waals surface area (Å²) in [5.41, 5.74) is -0.233. The normalized spacial score (nSPS) is 33.7. The first kappa shape index (κ1) is 20.4. The molecule has 0 aromatic carbocycles. The smallest absolute Gasteiger partial charge is 0.259 e. The largest absolute Gasteiger partial charge is 0.269 e. The zero-order valence-corrected chi connectivity index (χ0v) is 17.7. The van der Waals surface area contributed by atoms with E-state index in [9.17, 15) is 13.2 Å². The highest BCUT2D eigenvalue weighted by molar-refractivity contribution is 7.90. The Hall–Kier alpha value is -1.36. The molecule has 1 spiro atoms. The summed E-state index contributed by atoms with van der Waals surface area (Å²) >= 11 is 0. The molecule has 1 saturated heterocycles. The number of fused-ring (bicyclic) bond motifs is 1. The van der Waals surface area contributed by atoms with E-state index in [1.165, 1.54) is 10.4 Å². The zero-order chi connectivity index (χ0) is 19.7. The third kappa shape index (κ3) is 3.43. The number of unbranched alkanes of at least 4 members (excludes halogenated alkanes) is 3. The Balaban J connectivity index is 1.57. The fourth-order valence-electron chi connectivity index (χ4n) is 5.65. The molecule has 2 bridgehead atoms. The average molecular weight is 392 g/mol. The number of sulfonamides is 1. The Morgan fingerprint density at radius 1 is 1.15 bits per heavy atom. The van der Waals surface area contributed by atoms with Crippen molar-refractivity contribution in [1.82, 2.24) is 4.31 Å². The van der Waals surface area contributed by atoms with Crippen LogP contribution in [0.15, 0.2) is 36.5 Å². The molecule has 1 heterocycles. The summed E-state index contributed by atoms with van der Waals surface area (Å²) in [5.74, 6) is 0.341. The fraction of sp³-hybridized carbons (Fsp3) is 0.682. The van der Waals surface area contributed by atoms with Gasteiger partial charge in [-0.3, -0.25) is 4.79 Å². The SMILES string of the molecule is C/C=C/C=C/CCCC/C=C/C(=O)N1[C@@H]2C[C@@H]3CC[C@@]2(CS1(=O)=O)C3(C)C. The molecule has 3 rings (SSSR count). The van der Waals surface area contributed by atoms with Gasteiger partial charge in [0.25, 0.3) is 5.91 Å². The summed E-state index contributed by atoms with van der Waals surface area (Å²) < 4.78 is 26.9. The van der Waals surface area contributed by atoms with Crippen molar-refractivity contribution in [3.63, 3.8) is 0 Å². The molecule has 4 nitrogen and oxygen atoms in total. The van der Waals surface area contributed by atoms with Crippen molar-refractivity contribution in [1.29, 1.82) is 0 Å². The van der Waals surface area contributed by atoms with Gasteiger partial charge in [-0.05, 0) is 63.2 Å². The van der Waals surface area contributed by atoms with Crippen molar-refractivity contribution in [3.05, 3.63) is 36.5 Å². The Morgan fingerprint density at radius 3 is 2.52 bits per heavy atom. The number of hydrogen-bond acceptors (Lipinski definition) is 3. The predicted molar refractivity (Wildman–Crippen MR) is 110 cm³/mol. The molecule has 0 aromatic rings. The quantitative estimate of drug-likeness (QED) is 0.362. The molecule has 5 heteroatoms. The minimum atomic E-state index is -3.50. The van der Waals surface area contributed by atoms with Crippen molar-refractivity contribution in [2.75, 3.05) is 5.75 Å². The van der Waals surface area contributed by atoms with E-state index in [4.69, 9.17) is 0 Å². The lowest BCUT2D eigenvalue weighted by molar-refractivity contribution is -0.124. The van der Waals surface area contributed by atoms with Gasteiger partial charge < -0.3 is 0 Å². The number of hydrogen-bond donors (Lipinski definition) is 0. The maximum Gasteiger partial charge on any atom is 0.259 e. The summed E-state index contributed by atoms with van der Waals surface area (Å²) in [5, 5.41) is 0. The van der Waals surface area contributed by atoms with Crippen LogP contribution in [-0.4, -0.2) is 30.4 Å². The molecule has 1 aliphatic heterocycles. The lowest BCUT2D eigenvalue weighted by Crippen LogP contribution is -2.43. The van der Waals surface area contributed by atoms with Crippen molar-refractivity contribution >= 4 is 15.9 Å². The van der Waals surface area contributed by atoms with Gasteiger partial charge >= 0.3 is 0 Å². The monoisotopic (exact) mass is 391 g/mol. The zero-order valence-electron chi connectivity index (χ0n) is 16.9. The molecule has 3 aliphatic rings. The predicted octanol–water partition coefficient (Wildman–Crippen LogP) is 4.60. The second kappa shape index (κ2) is 7.57. The summed E-state index contributed by atoms with van der Waals surface area (Å²) in [6.07, 6.45) is 18.3. The van der Waals surface area contributed by atoms with Gasteiger partial charge in [0.2, 0.25) is 10.0 Å². The molecular formula is C22H33NO3S. The Labute approximate surface area is 164 Å². The number of amides is 1. The second-order valence-electron chi connectivity index (χ2n) is 8.90. The Kier molecular flexibility index (Phi) is 5.72. The van der Waals surface area contributed by atoms with Crippen LogP contribution < -0.4 is 0 Å². The number of carbonyl (C=O) groups is 1. The summed E-state index contributed by atoms with van der Waals surface area (Å²) in [6.45, 7) is 6.40. The van der Waals surface area contributed by atoms with Gasteiger partial charge in [-0.1, -0.05) is 44.2 Å². The van der Waals surface area contributed by atoms with E-state index >= 15 is 0 Å². The lowest BCUT2D eigenvalue weighted by atomic mass is 9.69. The average Bonchev–Trinajstić information content (AvgIpc) is 3.07. The topological polar surface area (TPSA) is 54.5 Å². The Bertz CT molecular complexity index is 762. The summed E-state index contributed by atoms with van der Waals surface area (Å²) in [4.78, 5) is 12.7. The minimum absolute atomic E-state index is 0.00393. The molecule has 27 heavy (non-hydrogen) atoms. The molecule has 150 valence electrons. The van der Waals surface area contributed by atoms with E-state index in [2.05, 4.69) is 19.9 Å². The van der Waals surface area contributed by atoms with E-state index in [0.717, 1.165) is 44.9 Å². The molecule has 2 saturated carbocycles. The minimum Gasteiger partial charge on any atom is -0.269 e. The number of allylic oxidation sites excluding steroid dienone is 5. The molecule has 0 N–H and O–H groups in total. The molecule has 1 amide bonds. The van der Waals surface area contributed by atoms with Crippen LogP contribution in [0.5, 0.6) is 0 Å². The highest BCUT2D eigenvalue weighted by Gasteiger charge is 2.72. The molecule has 2 aliphatic carbocycles. The molecule has 0 unspecified atom stereocenters. The van der Waals surface area contributed by atoms with Gasteiger partial charge in [0, 0.05) is 11.5 Å². The second-order valence-corrected chi connectivity index (χ2v) is 10.7. The van der Waals surface area contributed by atoms with Crippen molar-refractivity contribution in [2.24, 2.45) is 16.7 Å². The van der Waals surface area contributed by atoms with E-state index in [1.54, 1.807) is 0 Å². The van der Waals surface area contributed by atoms with E-state index in [1.807, 2.05) is 31.2 Å². The van der Waals surface area contributed by atoms with Gasteiger partial charge in [-0.15, -0.1) is 0 Å². The van der Waals surface area contributed by atoms with Gasteiger partial charge in [-0.25, -0.2) is 12.7 Å². The number of carbonyl (C=O) groups excluding carboxylic acids is 1. The van der Waals surface area contributed by atoms with Gasteiger partial charge in [-0.2, -0.15) is 0 Å². The van der Waals surface area contributed by atoms with E-state index < -0.39 is 10.0 Å². The van der Waals surface area contributed by atoms with Crippen molar-refractivity contribution < 1.29 is 13.2 Å². The molecular weight excluding hydrogens is 358 g/mol. The fourth-order valence-corrected chi connectivity index (χ4v) is 8.16. The first-order chi connectivity index (χ1) is 12.8. The number of nitrogens with zero attached hydrogens (tertiary/aromatic N) is 1. The van der Waals surface area contributed by atoms with E-state index in [0.29, 0.717) is 5.92 Å². The molecule has 3 atom stereocenters. The summed E-state index contributed by atoms with van der Waals surface area (Å²) in [7, 11) is -3.50. The van der Waals surface area contributed by atoms with Crippen LogP contribution in [0, 0.1) is 16.7 Å². The van der Waals surface area contributed by atoms with Crippen LogP contribution in [0.1, 0.15) is 65.7 Å². The highest BCUT2D eigenvalue weighted by atomic mass is 32.2. The van der Waals surface area contributed by atoms with Crippen LogP contribution in [0.2, 0.25) is 0 Å². The maximum atomic E-state index is 12.8. The van der Waals surface area contributed by atoms with Gasteiger partial charge in [0.1, 0.15) is 0 Å². The third-order valence-electron chi connectivity index (χ3n) is 7.32.